The van der Waals surface area contributed by atoms with E-state index in [-0.39, 0.29) is 6.10 Å². The standard InChI is InChI=1S/C15H21FO2/c1-10(2)12-7-8-14(17-11(3)16)15(9-12)18-13-5-4-6-13/h7-11,13H,4-6H2,1-3H3. The van der Waals surface area contributed by atoms with Crippen LogP contribution in [0.5, 0.6) is 11.5 Å². The number of alkyl halides is 1. The molecular formula is C15H21FO2. The fourth-order valence-electron chi connectivity index (χ4n) is 1.92. The Balaban J connectivity index is 2.20. The van der Waals surface area contributed by atoms with E-state index in [0.29, 0.717) is 17.4 Å². The van der Waals surface area contributed by atoms with Crippen LogP contribution in [0, 0.1) is 0 Å². The summed E-state index contributed by atoms with van der Waals surface area (Å²) in [5.74, 6) is 1.60. The topological polar surface area (TPSA) is 18.5 Å². The van der Waals surface area contributed by atoms with Gasteiger partial charge in [-0.3, -0.25) is 0 Å². The van der Waals surface area contributed by atoms with E-state index in [0.717, 1.165) is 12.8 Å². The Morgan fingerprint density at radius 3 is 2.39 bits per heavy atom. The molecular weight excluding hydrogens is 231 g/mol. The van der Waals surface area contributed by atoms with Crippen LogP contribution < -0.4 is 9.47 Å². The van der Waals surface area contributed by atoms with Crippen molar-refractivity contribution in [3.63, 3.8) is 0 Å². The normalized spacial score (nSPS) is 17.4. The second-order valence-electron chi connectivity index (χ2n) is 5.19. The van der Waals surface area contributed by atoms with Gasteiger partial charge in [0.05, 0.1) is 6.10 Å². The quantitative estimate of drug-likeness (QED) is 0.771. The minimum absolute atomic E-state index is 0.268. The van der Waals surface area contributed by atoms with E-state index >= 15 is 0 Å². The molecule has 1 aliphatic carbocycles. The predicted octanol–water partition coefficient (Wildman–Crippen LogP) is 4.44. The molecule has 1 fully saturated rings. The molecule has 1 unspecified atom stereocenters. The van der Waals surface area contributed by atoms with Gasteiger partial charge in [0.2, 0.25) is 6.36 Å². The molecule has 2 rings (SSSR count). The van der Waals surface area contributed by atoms with Gasteiger partial charge in [-0.15, -0.1) is 0 Å². The lowest BCUT2D eigenvalue weighted by Crippen LogP contribution is -2.25. The molecule has 0 radical (unpaired) electrons. The summed E-state index contributed by atoms with van der Waals surface area (Å²) in [6.07, 6.45) is 2.32. The van der Waals surface area contributed by atoms with Crippen LogP contribution in [0.3, 0.4) is 0 Å². The molecule has 1 saturated carbocycles. The third kappa shape index (κ3) is 3.15. The van der Waals surface area contributed by atoms with Crippen LogP contribution in [-0.4, -0.2) is 12.5 Å². The van der Waals surface area contributed by atoms with E-state index in [4.69, 9.17) is 9.47 Å². The van der Waals surface area contributed by atoms with E-state index in [9.17, 15) is 4.39 Å². The van der Waals surface area contributed by atoms with Gasteiger partial charge in [-0.1, -0.05) is 19.9 Å². The molecule has 0 spiro atoms. The molecule has 1 aromatic carbocycles. The maximum Gasteiger partial charge on any atom is 0.236 e. The molecule has 0 amide bonds. The Kier molecular flexibility index (Phi) is 4.10. The molecule has 2 nitrogen and oxygen atoms in total. The van der Waals surface area contributed by atoms with Crippen molar-refractivity contribution in [1.29, 1.82) is 0 Å². The monoisotopic (exact) mass is 252 g/mol. The average molecular weight is 252 g/mol. The first-order valence-corrected chi connectivity index (χ1v) is 6.67. The number of benzene rings is 1. The summed E-state index contributed by atoms with van der Waals surface area (Å²) in [6.45, 7) is 5.63. The highest BCUT2D eigenvalue weighted by molar-refractivity contribution is 5.44. The van der Waals surface area contributed by atoms with Gasteiger partial charge >= 0.3 is 0 Å². The predicted molar refractivity (Wildman–Crippen MR) is 70.0 cm³/mol. The SMILES string of the molecule is CC(F)Oc1ccc(C(C)C)cc1OC1CCC1. The summed E-state index contributed by atoms with van der Waals surface area (Å²) in [7, 11) is 0. The fourth-order valence-corrected chi connectivity index (χ4v) is 1.92. The third-order valence-corrected chi connectivity index (χ3v) is 3.27. The Labute approximate surface area is 108 Å². The molecule has 3 heteroatoms. The highest BCUT2D eigenvalue weighted by Crippen LogP contribution is 2.35. The fraction of sp³-hybridized carbons (Fsp3) is 0.600. The molecule has 1 aromatic rings. The number of halogens is 1. The molecule has 1 atom stereocenters. The van der Waals surface area contributed by atoms with Crippen molar-refractivity contribution in [2.45, 2.75) is 58.4 Å². The first kappa shape index (κ1) is 13.2. The van der Waals surface area contributed by atoms with Crippen molar-refractivity contribution in [2.75, 3.05) is 0 Å². The van der Waals surface area contributed by atoms with Crippen molar-refractivity contribution in [1.82, 2.24) is 0 Å². The van der Waals surface area contributed by atoms with Crippen molar-refractivity contribution in [2.24, 2.45) is 0 Å². The second-order valence-corrected chi connectivity index (χ2v) is 5.19. The van der Waals surface area contributed by atoms with Crippen LogP contribution in [-0.2, 0) is 0 Å². The smallest absolute Gasteiger partial charge is 0.236 e. The van der Waals surface area contributed by atoms with Crippen LogP contribution in [0.4, 0.5) is 4.39 Å². The Bertz CT molecular complexity index is 397. The number of hydrogen-bond acceptors (Lipinski definition) is 2. The maximum atomic E-state index is 13.0. The highest BCUT2D eigenvalue weighted by atomic mass is 19.1. The molecule has 0 N–H and O–H groups in total. The lowest BCUT2D eigenvalue weighted by atomic mass is 9.96. The zero-order chi connectivity index (χ0) is 13.1. The Morgan fingerprint density at radius 2 is 1.89 bits per heavy atom. The molecule has 0 heterocycles. The van der Waals surface area contributed by atoms with Crippen molar-refractivity contribution in [3.8, 4) is 11.5 Å². The molecule has 0 saturated heterocycles. The second kappa shape index (κ2) is 5.59. The zero-order valence-electron chi connectivity index (χ0n) is 11.3. The van der Waals surface area contributed by atoms with E-state index in [1.807, 2.05) is 12.1 Å². The van der Waals surface area contributed by atoms with Gasteiger partial charge < -0.3 is 9.47 Å². The molecule has 0 aromatic heterocycles. The maximum absolute atomic E-state index is 13.0. The lowest BCUT2D eigenvalue weighted by molar-refractivity contribution is 0.0699. The van der Waals surface area contributed by atoms with E-state index in [1.165, 1.54) is 18.9 Å². The van der Waals surface area contributed by atoms with E-state index < -0.39 is 6.36 Å². The summed E-state index contributed by atoms with van der Waals surface area (Å²) in [6, 6.07) is 5.75. The summed E-state index contributed by atoms with van der Waals surface area (Å²) in [5, 5.41) is 0. The van der Waals surface area contributed by atoms with E-state index in [2.05, 4.69) is 13.8 Å². The molecule has 1 aliphatic rings. The van der Waals surface area contributed by atoms with Crippen LogP contribution in [0.2, 0.25) is 0 Å². The summed E-state index contributed by atoms with van der Waals surface area (Å²) in [4.78, 5) is 0. The highest BCUT2D eigenvalue weighted by Gasteiger charge is 2.21. The summed E-state index contributed by atoms with van der Waals surface area (Å²) < 4.78 is 24.0. The van der Waals surface area contributed by atoms with Gasteiger partial charge in [-0.2, -0.15) is 0 Å². The van der Waals surface area contributed by atoms with Gasteiger partial charge in [0, 0.05) is 6.92 Å². The minimum Gasteiger partial charge on any atom is -0.487 e. The average Bonchev–Trinajstić information content (AvgIpc) is 2.24. The van der Waals surface area contributed by atoms with Gasteiger partial charge in [0.15, 0.2) is 11.5 Å². The van der Waals surface area contributed by atoms with Crippen LogP contribution >= 0.6 is 0 Å². The lowest BCUT2D eigenvalue weighted by Gasteiger charge is -2.28. The first-order valence-electron chi connectivity index (χ1n) is 6.67. The number of hydrogen-bond donors (Lipinski definition) is 0. The molecule has 0 bridgehead atoms. The third-order valence-electron chi connectivity index (χ3n) is 3.27. The Morgan fingerprint density at radius 1 is 1.17 bits per heavy atom. The Hall–Kier alpha value is -1.25. The van der Waals surface area contributed by atoms with Crippen LogP contribution in [0.15, 0.2) is 18.2 Å². The van der Waals surface area contributed by atoms with Crippen molar-refractivity contribution < 1.29 is 13.9 Å². The molecule has 18 heavy (non-hydrogen) atoms. The van der Waals surface area contributed by atoms with Gasteiger partial charge in [-0.05, 0) is 42.9 Å². The van der Waals surface area contributed by atoms with Crippen molar-refractivity contribution >= 4 is 0 Å². The molecule has 0 aliphatic heterocycles. The van der Waals surface area contributed by atoms with Crippen LogP contribution in [0.1, 0.15) is 51.5 Å². The van der Waals surface area contributed by atoms with Gasteiger partial charge in [0.1, 0.15) is 0 Å². The van der Waals surface area contributed by atoms with Crippen molar-refractivity contribution in [3.05, 3.63) is 23.8 Å². The zero-order valence-corrected chi connectivity index (χ0v) is 11.3. The number of ether oxygens (including phenoxy) is 2. The first-order chi connectivity index (χ1) is 8.56. The largest absolute Gasteiger partial charge is 0.487 e. The van der Waals surface area contributed by atoms with Crippen LogP contribution in [0.25, 0.3) is 0 Å². The van der Waals surface area contributed by atoms with E-state index in [1.54, 1.807) is 6.07 Å². The summed E-state index contributed by atoms with van der Waals surface area (Å²) in [5.41, 5.74) is 1.18. The van der Waals surface area contributed by atoms with Gasteiger partial charge in [0.25, 0.3) is 0 Å². The summed E-state index contributed by atoms with van der Waals surface area (Å²) >= 11 is 0. The molecule has 100 valence electrons. The number of rotatable bonds is 5. The minimum atomic E-state index is -1.32. The van der Waals surface area contributed by atoms with Gasteiger partial charge in [-0.25, -0.2) is 4.39 Å².